The molecule has 1 heteroatoms. The lowest BCUT2D eigenvalue weighted by Crippen LogP contribution is -2.25. The standard InChI is InChI=1S/C11H19N/c1-3-5-10-7-8-12-9-11(10)6-4-2/h5-6,12H,3-4,7-9H2,1-2H3/b10-5-,11-6-. The molecular weight excluding hydrogens is 146 g/mol. The van der Waals surface area contributed by atoms with Gasteiger partial charge in [0.25, 0.3) is 0 Å². The molecular formula is C11H19N. The van der Waals surface area contributed by atoms with E-state index in [1.807, 2.05) is 0 Å². The maximum absolute atomic E-state index is 3.40. The summed E-state index contributed by atoms with van der Waals surface area (Å²) in [7, 11) is 0. The van der Waals surface area contributed by atoms with Crippen molar-refractivity contribution in [1.82, 2.24) is 5.32 Å². The summed E-state index contributed by atoms with van der Waals surface area (Å²) in [5.74, 6) is 0. The molecule has 1 heterocycles. The summed E-state index contributed by atoms with van der Waals surface area (Å²) in [5, 5.41) is 3.40. The molecule has 0 spiro atoms. The van der Waals surface area contributed by atoms with Crippen LogP contribution in [0.15, 0.2) is 23.3 Å². The zero-order valence-electron chi connectivity index (χ0n) is 8.19. The van der Waals surface area contributed by atoms with Crippen LogP contribution in [0, 0.1) is 0 Å². The second-order valence-corrected chi connectivity index (χ2v) is 3.20. The molecule has 0 amide bonds. The van der Waals surface area contributed by atoms with Crippen molar-refractivity contribution in [3.63, 3.8) is 0 Å². The smallest absolute Gasteiger partial charge is 0.0205 e. The van der Waals surface area contributed by atoms with Gasteiger partial charge in [0.1, 0.15) is 0 Å². The van der Waals surface area contributed by atoms with Gasteiger partial charge in [0.15, 0.2) is 0 Å². The van der Waals surface area contributed by atoms with E-state index >= 15 is 0 Å². The zero-order valence-corrected chi connectivity index (χ0v) is 8.19. The molecule has 0 aromatic rings. The molecule has 1 aliphatic rings. The molecule has 1 N–H and O–H groups in total. The number of hydrogen-bond acceptors (Lipinski definition) is 1. The van der Waals surface area contributed by atoms with Gasteiger partial charge >= 0.3 is 0 Å². The van der Waals surface area contributed by atoms with E-state index in [1.165, 1.54) is 12.0 Å². The summed E-state index contributed by atoms with van der Waals surface area (Å²) in [6.07, 6.45) is 8.23. The lowest BCUT2D eigenvalue weighted by molar-refractivity contribution is 0.678. The van der Waals surface area contributed by atoms with Gasteiger partial charge in [-0.25, -0.2) is 0 Å². The minimum atomic E-state index is 1.07. The Morgan fingerprint density at radius 2 is 1.83 bits per heavy atom. The fourth-order valence-electron chi connectivity index (χ4n) is 1.65. The van der Waals surface area contributed by atoms with Crippen LogP contribution in [-0.2, 0) is 0 Å². The van der Waals surface area contributed by atoms with Crippen molar-refractivity contribution >= 4 is 0 Å². The molecule has 0 atom stereocenters. The zero-order chi connectivity index (χ0) is 8.81. The van der Waals surface area contributed by atoms with Gasteiger partial charge in [-0.15, -0.1) is 0 Å². The molecule has 0 aromatic carbocycles. The van der Waals surface area contributed by atoms with Gasteiger partial charge in [-0.3, -0.25) is 0 Å². The third-order valence-corrected chi connectivity index (χ3v) is 2.20. The average Bonchev–Trinajstić information content (AvgIpc) is 2.09. The Hall–Kier alpha value is -0.560. The van der Waals surface area contributed by atoms with Crippen molar-refractivity contribution in [2.75, 3.05) is 13.1 Å². The fourth-order valence-corrected chi connectivity index (χ4v) is 1.65. The van der Waals surface area contributed by atoms with E-state index in [2.05, 4.69) is 31.3 Å². The van der Waals surface area contributed by atoms with Crippen LogP contribution in [0.4, 0.5) is 0 Å². The molecule has 0 radical (unpaired) electrons. The van der Waals surface area contributed by atoms with Crippen molar-refractivity contribution in [3.05, 3.63) is 23.3 Å². The van der Waals surface area contributed by atoms with Crippen LogP contribution in [0.5, 0.6) is 0 Å². The van der Waals surface area contributed by atoms with Gasteiger partial charge in [0.05, 0.1) is 0 Å². The number of piperidine rings is 1. The van der Waals surface area contributed by atoms with Crippen molar-refractivity contribution < 1.29 is 0 Å². The SMILES string of the molecule is CC/C=C1/CCNC/C1=C/CC. The summed E-state index contributed by atoms with van der Waals surface area (Å²) in [5.41, 5.74) is 3.09. The van der Waals surface area contributed by atoms with E-state index in [4.69, 9.17) is 0 Å². The molecule has 68 valence electrons. The molecule has 0 aliphatic carbocycles. The highest BCUT2D eigenvalue weighted by atomic mass is 14.9. The Morgan fingerprint density at radius 3 is 2.50 bits per heavy atom. The van der Waals surface area contributed by atoms with Gasteiger partial charge < -0.3 is 5.32 Å². The Bertz CT molecular complexity index is 167. The Morgan fingerprint density at radius 1 is 1.17 bits per heavy atom. The molecule has 0 aromatic heterocycles. The van der Waals surface area contributed by atoms with Crippen LogP contribution in [0.2, 0.25) is 0 Å². The molecule has 0 bridgehead atoms. The molecule has 1 nitrogen and oxygen atoms in total. The predicted octanol–water partition coefficient (Wildman–Crippen LogP) is 2.65. The van der Waals surface area contributed by atoms with E-state index in [1.54, 1.807) is 5.57 Å². The number of allylic oxidation sites excluding steroid dienone is 2. The second-order valence-electron chi connectivity index (χ2n) is 3.20. The molecule has 12 heavy (non-hydrogen) atoms. The monoisotopic (exact) mass is 165 g/mol. The Kier molecular flexibility index (Phi) is 4.09. The first kappa shape index (κ1) is 9.53. The highest BCUT2D eigenvalue weighted by molar-refractivity contribution is 5.34. The van der Waals surface area contributed by atoms with Crippen molar-refractivity contribution in [2.24, 2.45) is 0 Å². The van der Waals surface area contributed by atoms with E-state index < -0.39 is 0 Å². The minimum absolute atomic E-state index is 1.07. The minimum Gasteiger partial charge on any atom is -0.312 e. The first-order valence-electron chi connectivity index (χ1n) is 4.97. The van der Waals surface area contributed by atoms with Crippen LogP contribution in [-0.4, -0.2) is 13.1 Å². The average molecular weight is 165 g/mol. The van der Waals surface area contributed by atoms with Crippen molar-refractivity contribution in [2.45, 2.75) is 33.1 Å². The molecule has 1 fully saturated rings. The van der Waals surface area contributed by atoms with Crippen LogP contribution < -0.4 is 5.32 Å². The lowest BCUT2D eigenvalue weighted by atomic mass is 9.97. The highest BCUT2D eigenvalue weighted by Crippen LogP contribution is 2.18. The van der Waals surface area contributed by atoms with Gasteiger partial charge in [-0.1, -0.05) is 26.0 Å². The van der Waals surface area contributed by atoms with Crippen LogP contribution in [0.25, 0.3) is 0 Å². The summed E-state index contributed by atoms with van der Waals surface area (Å²) in [6.45, 7) is 6.62. The van der Waals surface area contributed by atoms with Gasteiger partial charge in [0.2, 0.25) is 0 Å². The Labute approximate surface area is 75.6 Å². The summed E-state index contributed by atoms with van der Waals surface area (Å²) < 4.78 is 0. The van der Waals surface area contributed by atoms with Gasteiger partial charge in [-0.05, 0) is 37.0 Å². The largest absolute Gasteiger partial charge is 0.312 e. The number of nitrogens with one attached hydrogen (secondary N) is 1. The third-order valence-electron chi connectivity index (χ3n) is 2.20. The van der Waals surface area contributed by atoms with Crippen molar-refractivity contribution in [3.8, 4) is 0 Å². The van der Waals surface area contributed by atoms with Crippen LogP contribution in [0.3, 0.4) is 0 Å². The first-order chi connectivity index (χ1) is 5.88. The van der Waals surface area contributed by atoms with Gasteiger partial charge in [0, 0.05) is 6.54 Å². The topological polar surface area (TPSA) is 12.0 Å². The first-order valence-corrected chi connectivity index (χ1v) is 4.97. The van der Waals surface area contributed by atoms with Crippen LogP contribution >= 0.6 is 0 Å². The summed E-state index contributed by atoms with van der Waals surface area (Å²) in [6, 6.07) is 0. The molecule has 0 saturated carbocycles. The van der Waals surface area contributed by atoms with E-state index in [9.17, 15) is 0 Å². The van der Waals surface area contributed by atoms with Crippen LogP contribution in [0.1, 0.15) is 33.1 Å². The quantitative estimate of drug-likeness (QED) is 0.663. The number of hydrogen-bond donors (Lipinski definition) is 1. The second kappa shape index (κ2) is 5.15. The van der Waals surface area contributed by atoms with Crippen molar-refractivity contribution in [1.29, 1.82) is 0 Å². The van der Waals surface area contributed by atoms with E-state index in [0.29, 0.717) is 0 Å². The Balaban J connectivity index is 2.67. The molecule has 0 unspecified atom stereocenters. The normalized spacial score (nSPS) is 25.2. The maximum atomic E-state index is 3.40. The fraction of sp³-hybridized carbons (Fsp3) is 0.636. The highest BCUT2D eigenvalue weighted by Gasteiger charge is 2.08. The predicted molar refractivity (Wildman–Crippen MR) is 54.2 cm³/mol. The van der Waals surface area contributed by atoms with E-state index in [-0.39, 0.29) is 0 Å². The van der Waals surface area contributed by atoms with Gasteiger partial charge in [-0.2, -0.15) is 0 Å². The summed E-state index contributed by atoms with van der Waals surface area (Å²) >= 11 is 0. The summed E-state index contributed by atoms with van der Waals surface area (Å²) in [4.78, 5) is 0. The maximum Gasteiger partial charge on any atom is 0.0205 e. The molecule has 1 aliphatic heterocycles. The molecule has 1 rings (SSSR count). The lowest BCUT2D eigenvalue weighted by Gasteiger charge is -2.19. The number of rotatable bonds is 2. The molecule has 1 saturated heterocycles. The van der Waals surface area contributed by atoms with E-state index in [0.717, 1.165) is 25.9 Å². The third kappa shape index (κ3) is 2.49.